The average molecular weight is 465 g/mol. The van der Waals surface area contributed by atoms with Crippen molar-refractivity contribution >= 4 is 31.9 Å². The van der Waals surface area contributed by atoms with Crippen molar-refractivity contribution in [1.82, 2.24) is 9.29 Å². The zero-order chi connectivity index (χ0) is 20.3. The van der Waals surface area contributed by atoms with E-state index < -0.39 is 16.0 Å². The van der Waals surface area contributed by atoms with Crippen molar-refractivity contribution in [2.45, 2.75) is 11.5 Å². The second-order valence-electron chi connectivity index (χ2n) is 5.99. The van der Waals surface area contributed by atoms with Crippen LogP contribution in [-0.4, -0.2) is 37.8 Å². The highest BCUT2D eigenvalue weighted by atomic mass is 79.9. The average Bonchev–Trinajstić information content (AvgIpc) is 3.16. The molecule has 7 nitrogen and oxygen atoms in total. The number of halogens is 1. The van der Waals surface area contributed by atoms with Gasteiger partial charge in [0.25, 0.3) is 0 Å². The summed E-state index contributed by atoms with van der Waals surface area (Å²) in [6.07, 6.45) is 1.56. The molecule has 0 radical (unpaired) electrons. The van der Waals surface area contributed by atoms with E-state index in [2.05, 4.69) is 20.9 Å². The fraction of sp³-hybridized carbons (Fsp3) is 0.158. The summed E-state index contributed by atoms with van der Waals surface area (Å²) in [5.41, 5.74) is 0.970. The number of esters is 1. The molecule has 0 aliphatic rings. The summed E-state index contributed by atoms with van der Waals surface area (Å²) in [7, 11) is -0.878. The molecule has 1 heterocycles. The third-order valence-corrected chi connectivity index (χ3v) is 6.67. The van der Waals surface area contributed by atoms with E-state index in [0.29, 0.717) is 10.2 Å². The first-order valence-electron chi connectivity index (χ1n) is 8.18. The van der Waals surface area contributed by atoms with E-state index in [0.717, 1.165) is 9.87 Å². The molecule has 0 spiro atoms. The topological polar surface area (TPSA) is 89.7 Å². The van der Waals surface area contributed by atoms with Crippen molar-refractivity contribution in [3.8, 4) is 11.3 Å². The van der Waals surface area contributed by atoms with Crippen LogP contribution in [0.1, 0.15) is 16.2 Å². The van der Waals surface area contributed by atoms with Gasteiger partial charge in [0.1, 0.15) is 0 Å². The normalized spacial score (nSPS) is 11.6. The largest absolute Gasteiger partial charge is 0.452 e. The second-order valence-corrected chi connectivity index (χ2v) is 8.97. The number of carbonyl (C=O) groups is 1. The van der Waals surface area contributed by atoms with Crippen molar-refractivity contribution in [1.29, 1.82) is 0 Å². The molecule has 2 aromatic carbocycles. The van der Waals surface area contributed by atoms with Gasteiger partial charge in [-0.2, -0.15) is 0 Å². The molecule has 146 valence electrons. The highest BCUT2D eigenvalue weighted by molar-refractivity contribution is 9.10. The minimum Gasteiger partial charge on any atom is -0.452 e. The highest BCUT2D eigenvalue weighted by Gasteiger charge is 2.22. The minimum absolute atomic E-state index is 0.0190. The molecule has 0 N–H and O–H groups in total. The Hall–Kier alpha value is -2.49. The van der Waals surface area contributed by atoms with Gasteiger partial charge in [0.15, 0.2) is 12.4 Å². The fourth-order valence-corrected chi connectivity index (χ4v) is 4.19. The Morgan fingerprint density at radius 1 is 1.18 bits per heavy atom. The van der Waals surface area contributed by atoms with Gasteiger partial charge in [-0.25, -0.2) is 22.5 Å². The van der Waals surface area contributed by atoms with Crippen molar-refractivity contribution in [2.75, 3.05) is 14.1 Å². The van der Waals surface area contributed by atoms with Crippen LogP contribution >= 0.6 is 15.9 Å². The number of ether oxygens (including phenoxy) is 1. The summed E-state index contributed by atoms with van der Waals surface area (Å²) in [5.74, 6) is 0.127. The number of rotatable bonds is 6. The Balaban J connectivity index is 1.73. The Morgan fingerprint density at radius 2 is 1.89 bits per heavy atom. The van der Waals surface area contributed by atoms with Gasteiger partial charge in [0, 0.05) is 24.1 Å². The molecular formula is C19H17BrN2O5S. The molecule has 0 aliphatic carbocycles. The number of oxazole rings is 1. The van der Waals surface area contributed by atoms with E-state index in [9.17, 15) is 13.2 Å². The van der Waals surface area contributed by atoms with Gasteiger partial charge in [0.05, 0.1) is 16.7 Å². The van der Waals surface area contributed by atoms with E-state index in [-0.39, 0.29) is 23.0 Å². The molecule has 1 aromatic heterocycles. The summed E-state index contributed by atoms with van der Waals surface area (Å²) in [6, 6.07) is 13.7. The van der Waals surface area contributed by atoms with E-state index in [4.69, 9.17) is 9.15 Å². The van der Waals surface area contributed by atoms with E-state index >= 15 is 0 Å². The van der Waals surface area contributed by atoms with Gasteiger partial charge in [0.2, 0.25) is 15.9 Å². The van der Waals surface area contributed by atoms with Crippen LogP contribution in [0.15, 0.2) is 68.5 Å². The lowest BCUT2D eigenvalue weighted by atomic mass is 10.2. The lowest BCUT2D eigenvalue weighted by Gasteiger charge is -2.13. The van der Waals surface area contributed by atoms with Crippen LogP contribution in [-0.2, 0) is 21.4 Å². The molecule has 0 aliphatic heterocycles. The van der Waals surface area contributed by atoms with Crippen molar-refractivity contribution < 1.29 is 22.4 Å². The molecule has 3 aromatic rings. The molecule has 0 amide bonds. The predicted octanol–water partition coefficient (Wildman–Crippen LogP) is 3.71. The molecule has 28 heavy (non-hydrogen) atoms. The standard InChI is InChI=1S/C19H17BrN2O5S/c1-22(2)28(24,25)17-10-14(8-9-15(17)20)19(23)26-12-18-21-11-16(27-18)13-6-4-3-5-7-13/h3-11H,12H2,1-2H3. The molecular weight excluding hydrogens is 448 g/mol. The zero-order valence-corrected chi connectivity index (χ0v) is 17.5. The van der Waals surface area contributed by atoms with Gasteiger partial charge in [-0.1, -0.05) is 30.3 Å². The van der Waals surface area contributed by atoms with E-state index in [1.54, 1.807) is 6.20 Å². The maximum absolute atomic E-state index is 12.4. The molecule has 0 bridgehead atoms. The third kappa shape index (κ3) is 4.32. The van der Waals surface area contributed by atoms with Crippen LogP contribution in [0.3, 0.4) is 0 Å². The number of carbonyl (C=O) groups excluding carboxylic acids is 1. The first kappa shape index (κ1) is 20.2. The van der Waals surface area contributed by atoms with Crippen LogP contribution in [0.4, 0.5) is 0 Å². The van der Waals surface area contributed by atoms with Crippen molar-refractivity contribution in [2.24, 2.45) is 0 Å². The number of hydrogen-bond donors (Lipinski definition) is 0. The lowest BCUT2D eigenvalue weighted by Crippen LogP contribution is -2.23. The number of benzene rings is 2. The van der Waals surface area contributed by atoms with E-state index in [1.807, 2.05) is 30.3 Å². The molecule has 9 heteroatoms. The van der Waals surface area contributed by atoms with Crippen LogP contribution < -0.4 is 0 Å². The smallest absolute Gasteiger partial charge is 0.338 e. The number of sulfonamides is 1. The summed E-state index contributed by atoms with van der Waals surface area (Å²) >= 11 is 3.20. The van der Waals surface area contributed by atoms with Crippen molar-refractivity contribution in [3.05, 3.63) is 70.7 Å². The molecule has 0 saturated carbocycles. The first-order chi connectivity index (χ1) is 13.3. The molecule has 0 saturated heterocycles. The number of hydrogen-bond acceptors (Lipinski definition) is 6. The van der Waals surface area contributed by atoms with Crippen LogP contribution in [0, 0.1) is 0 Å². The van der Waals surface area contributed by atoms with Crippen LogP contribution in [0.25, 0.3) is 11.3 Å². The van der Waals surface area contributed by atoms with Gasteiger partial charge < -0.3 is 9.15 Å². The van der Waals surface area contributed by atoms with Gasteiger partial charge in [-0.15, -0.1) is 0 Å². The summed E-state index contributed by atoms with van der Waals surface area (Å²) in [5, 5.41) is 0. The zero-order valence-electron chi connectivity index (χ0n) is 15.1. The first-order valence-corrected chi connectivity index (χ1v) is 10.4. The monoisotopic (exact) mass is 464 g/mol. The molecule has 0 fully saturated rings. The van der Waals surface area contributed by atoms with Gasteiger partial charge in [-0.05, 0) is 34.1 Å². The third-order valence-electron chi connectivity index (χ3n) is 3.86. The maximum atomic E-state index is 12.4. The lowest BCUT2D eigenvalue weighted by molar-refractivity contribution is 0.0438. The van der Waals surface area contributed by atoms with Crippen LogP contribution in [0.5, 0.6) is 0 Å². The summed E-state index contributed by atoms with van der Waals surface area (Å²) in [6.45, 7) is -0.169. The molecule has 3 rings (SSSR count). The number of nitrogens with zero attached hydrogens (tertiary/aromatic N) is 2. The second kappa shape index (κ2) is 8.26. The predicted molar refractivity (Wildman–Crippen MR) is 106 cm³/mol. The van der Waals surface area contributed by atoms with Gasteiger partial charge in [-0.3, -0.25) is 0 Å². The Bertz CT molecular complexity index is 1090. The highest BCUT2D eigenvalue weighted by Crippen LogP contribution is 2.26. The molecule has 0 unspecified atom stereocenters. The minimum atomic E-state index is -3.71. The quantitative estimate of drug-likeness (QED) is 0.516. The fourth-order valence-electron chi connectivity index (χ4n) is 2.35. The van der Waals surface area contributed by atoms with Crippen molar-refractivity contribution in [3.63, 3.8) is 0 Å². The Labute approximate surface area is 171 Å². The Kier molecular flexibility index (Phi) is 5.97. The maximum Gasteiger partial charge on any atom is 0.338 e. The van der Waals surface area contributed by atoms with Crippen LogP contribution in [0.2, 0.25) is 0 Å². The summed E-state index contributed by atoms with van der Waals surface area (Å²) < 4.78 is 37.0. The Morgan fingerprint density at radius 3 is 2.57 bits per heavy atom. The number of aromatic nitrogens is 1. The van der Waals surface area contributed by atoms with Gasteiger partial charge >= 0.3 is 5.97 Å². The SMILES string of the molecule is CN(C)S(=O)(=O)c1cc(C(=O)OCc2ncc(-c3ccccc3)o2)ccc1Br. The van der Waals surface area contributed by atoms with E-state index in [1.165, 1.54) is 32.3 Å². The summed E-state index contributed by atoms with van der Waals surface area (Å²) in [4.78, 5) is 16.4. The molecule has 0 atom stereocenters.